The van der Waals surface area contributed by atoms with Crippen LogP contribution in [0.15, 0.2) is 48.5 Å². The van der Waals surface area contributed by atoms with Crippen LogP contribution in [0.4, 0.5) is 0 Å². The van der Waals surface area contributed by atoms with Crippen molar-refractivity contribution >= 4 is 23.4 Å². The summed E-state index contributed by atoms with van der Waals surface area (Å²) in [7, 11) is 0. The number of hydrogen-bond donors (Lipinski definition) is 1. The van der Waals surface area contributed by atoms with Gasteiger partial charge in [0, 0.05) is 43.3 Å². The molecule has 2 aromatic carbocycles. The van der Waals surface area contributed by atoms with E-state index in [4.69, 9.17) is 17.3 Å². The van der Waals surface area contributed by atoms with Gasteiger partial charge in [0.25, 0.3) is 5.91 Å². The van der Waals surface area contributed by atoms with Crippen LogP contribution < -0.4 is 5.73 Å². The molecule has 1 aliphatic rings. The average molecular weight is 372 g/mol. The Morgan fingerprint density at radius 2 is 1.54 bits per heavy atom. The van der Waals surface area contributed by atoms with Crippen LogP contribution in [0.25, 0.3) is 0 Å². The number of benzene rings is 2. The van der Waals surface area contributed by atoms with E-state index < -0.39 is 0 Å². The minimum absolute atomic E-state index is 0.00762. The molecule has 2 amide bonds. The molecule has 0 saturated carbocycles. The van der Waals surface area contributed by atoms with Gasteiger partial charge in [-0.1, -0.05) is 41.9 Å². The van der Waals surface area contributed by atoms with Crippen LogP contribution in [0.3, 0.4) is 0 Å². The second-order valence-corrected chi connectivity index (χ2v) is 6.75. The topological polar surface area (TPSA) is 66.6 Å². The van der Waals surface area contributed by atoms with Gasteiger partial charge in [0.1, 0.15) is 0 Å². The van der Waals surface area contributed by atoms with Crippen LogP contribution in [-0.4, -0.2) is 47.8 Å². The molecule has 26 heavy (non-hydrogen) atoms. The fraction of sp³-hybridized carbons (Fsp3) is 0.300. The molecule has 1 heterocycles. The predicted octanol–water partition coefficient (Wildman–Crippen LogP) is 2.33. The van der Waals surface area contributed by atoms with Crippen molar-refractivity contribution in [1.29, 1.82) is 0 Å². The first-order chi connectivity index (χ1) is 12.6. The summed E-state index contributed by atoms with van der Waals surface area (Å²) in [5.41, 5.74) is 8.06. The van der Waals surface area contributed by atoms with E-state index in [1.165, 1.54) is 0 Å². The van der Waals surface area contributed by atoms with Gasteiger partial charge < -0.3 is 15.5 Å². The molecule has 0 radical (unpaired) electrons. The van der Waals surface area contributed by atoms with E-state index in [2.05, 4.69) is 0 Å². The summed E-state index contributed by atoms with van der Waals surface area (Å²) in [6.07, 6.45) is 0.286. The number of amides is 2. The lowest BCUT2D eigenvalue weighted by Crippen LogP contribution is -2.51. The highest BCUT2D eigenvalue weighted by Crippen LogP contribution is 2.17. The van der Waals surface area contributed by atoms with Crippen LogP contribution in [0.5, 0.6) is 0 Å². The second-order valence-electron chi connectivity index (χ2n) is 6.34. The van der Waals surface area contributed by atoms with Crippen molar-refractivity contribution in [3.8, 4) is 0 Å². The quantitative estimate of drug-likeness (QED) is 0.896. The van der Waals surface area contributed by atoms with Gasteiger partial charge in [0.05, 0.1) is 6.42 Å². The Bertz CT molecular complexity index is 784. The highest BCUT2D eigenvalue weighted by Gasteiger charge is 2.25. The Labute approximate surface area is 158 Å². The number of halogens is 1. The minimum atomic E-state index is -0.00762. The van der Waals surface area contributed by atoms with Crippen molar-refractivity contribution in [2.75, 3.05) is 26.2 Å². The van der Waals surface area contributed by atoms with Gasteiger partial charge >= 0.3 is 0 Å². The van der Waals surface area contributed by atoms with Gasteiger partial charge in [-0.3, -0.25) is 9.59 Å². The third kappa shape index (κ3) is 4.23. The number of piperazine rings is 1. The Kier molecular flexibility index (Phi) is 5.91. The van der Waals surface area contributed by atoms with Crippen LogP contribution >= 0.6 is 11.6 Å². The van der Waals surface area contributed by atoms with E-state index in [0.29, 0.717) is 43.3 Å². The summed E-state index contributed by atoms with van der Waals surface area (Å²) in [6.45, 7) is 2.60. The Hall–Kier alpha value is -2.37. The Balaban J connectivity index is 1.55. The Morgan fingerprint density at radius 1 is 0.923 bits per heavy atom. The lowest BCUT2D eigenvalue weighted by molar-refractivity contribution is -0.131. The standard InChI is InChI=1S/C20H22ClN3O2/c21-18-4-2-1-3-17(18)13-19(25)23-9-11-24(12-10-23)20(26)16-7-5-15(14-22)6-8-16/h1-8H,9-14,22H2. The summed E-state index contributed by atoms with van der Waals surface area (Å²) in [5, 5.41) is 0.607. The molecule has 3 rings (SSSR count). The van der Waals surface area contributed by atoms with Crippen molar-refractivity contribution in [3.05, 3.63) is 70.2 Å². The molecule has 1 fully saturated rings. The molecule has 6 heteroatoms. The fourth-order valence-corrected chi connectivity index (χ4v) is 3.24. The number of nitrogens with zero attached hydrogens (tertiary/aromatic N) is 2. The van der Waals surface area contributed by atoms with Crippen molar-refractivity contribution in [2.24, 2.45) is 5.73 Å². The van der Waals surface area contributed by atoms with E-state index in [9.17, 15) is 9.59 Å². The predicted molar refractivity (Wildman–Crippen MR) is 102 cm³/mol. The largest absolute Gasteiger partial charge is 0.339 e. The molecular weight excluding hydrogens is 350 g/mol. The molecule has 0 unspecified atom stereocenters. The lowest BCUT2D eigenvalue weighted by Gasteiger charge is -2.35. The smallest absolute Gasteiger partial charge is 0.253 e. The first kappa shape index (κ1) is 18.4. The summed E-state index contributed by atoms with van der Waals surface area (Å²) in [4.78, 5) is 28.7. The SMILES string of the molecule is NCc1ccc(C(=O)N2CCN(C(=O)Cc3ccccc3Cl)CC2)cc1. The molecule has 0 spiro atoms. The van der Waals surface area contributed by atoms with Gasteiger partial charge in [-0.05, 0) is 29.3 Å². The molecule has 0 aromatic heterocycles. The fourth-order valence-electron chi connectivity index (χ4n) is 3.04. The van der Waals surface area contributed by atoms with E-state index in [1.54, 1.807) is 28.0 Å². The maximum atomic E-state index is 12.6. The highest BCUT2D eigenvalue weighted by molar-refractivity contribution is 6.31. The number of hydrogen-bond acceptors (Lipinski definition) is 3. The zero-order chi connectivity index (χ0) is 18.5. The van der Waals surface area contributed by atoms with Gasteiger partial charge in [-0.2, -0.15) is 0 Å². The van der Waals surface area contributed by atoms with Crippen molar-refractivity contribution in [3.63, 3.8) is 0 Å². The van der Waals surface area contributed by atoms with E-state index in [-0.39, 0.29) is 18.2 Å². The summed E-state index contributed by atoms with van der Waals surface area (Å²) in [6, 6.07) is 14.7. The third-order valence-electron chi connectivity index (χ3n) is 4.66. The number of carbonyl (C=O) groups is 2. The molecule has 0 bridgehead atoms. The van der Waals surface area contributed by atoms with Gasteiger partial charge in [0.2, 0.25) is 5.91 Å². The highest BCUT2D eigenvalue weighted by atomic mass is 35.5. The van der Waals surface area contributed by atoms with E-state index >= 15 is 0 Å². The zero-order valence-electron chi connectivity index (χ0n) is 14.5. The van der Waals surface area contributed by atoms with Gasteiger partial charge in [-0.15, -0.1) is 0 Å². The monoisotopic (exact) mass is 371 g/mol. The number of nitrogens with two attached hydrogens (primary N) is 1. The van der Waals surface area contributed by atoms with Crippen molar-refractivity contribution in [1.82, 2.24) is 9.80 Å². The lowest BCUT2D eigenvalue weighted by atomic mass is 10.1. The van der Waals surface area contributed by atoms with Crippen molar-refractivity contribution in [2.45, 2.75) is 13.0 Å². The summed E-state index contributed by atoms with van der Waals surface area (Å²) < 4.78 is 0. The van der Waals surface area contributed by atoms with Crippen LogP contribution in [0.1, 0.15) is 21.5 Å². The summed E-state index contributed by atoms with van der Waals surface area (Å²) >= 11 is 6.13. The van der Waals surface area contributed by atoms with Crippen molar-refractivity contribution < 1.29 is 9.59 Å². The van der Waals surface area contributed by atoms with E-state index in [1.807, 2.05) is 30.3 Å². The zero-order valence-corrected chi connectivity index (χ0v) is 15.3. The minimum Gasteiger partial charge on any atom is -0.339 e. The maximum absolute atomic E-state index is 12.6. The normalized spacial score (nSPS) is 14.4. The van der Waals surface area contributed by atoms with Gasteiger partial charge in [-0.25, -0.2) is 0 Å². The van der Waals surface area contributed by atoms with E-state index in [0.717, 1.165) is 11.1 Å². The first-order valence-electron chi connectivity index (χ1n) is 8.68. The average Bonchev–Trinajstić information content (AvgIpc) is 2.69. The van der Waals surface area contributed by atoms with Crippen LogP contribution in [0, 0.1) is 0 Å². The molecule has 2 aromatic rings. The second kappa shape index (κ2) is 8.34. The van der Waals surface area contributed by atoms with Gasteiger partial charge in [0.15, 0.2) is 0 Å². The third-order valence-corrected chi connectivity index (χ3v) is 5.02. The molecule has 0 atom stereocenters. The molecule has 136 valence electrons. The molecule has 1 saturated heterocycles. The first-order valence-corrected chi connectivity index (χ1v) is 9.05. The summed E-state index contributed by atoms with van der Waals surface area (Å²) in [5.74, 6) is 0.0317. The van der Waals surface area contributed by atoms with Crippen LogP contribution in [0.2, 0.25) is 5.02 Å². The Morgan fingerprint density at radius 3 is 2.15 bits per heavy atom. The maximum Gasteiger partial charge on any atom is 0.253 e. The number of rotatable bonds is 4. The molecule has 0 aliphatic carbocycles. The molecule has 1 aliphatic heterocycles. The molecule has 5 nitrogen and oxygen atoms in total. The van der Waals surface area contributed by atoms with Crippen LogP contribution in [-0.2, 0) is 17.8 Å². The number of carbonyl (C=O) groups excluding carboxylic acids is 2. The molecule has 2 N–H and O–H groups in total. The molecular formula is C20H22ClN3O2.